The fraction of sp³-hybridized carbons (Fsp3) is 1.00. The van der Waals surface area contributed by atoms with Gasteiger partial charge in [0.2, 0.25) is 0 Å². The van der Waals surface area contributed by atoms with Gasteiger partial charge in [-0.25, -0.2) is 0 Å². The summed E-state index contributed by atoms with van der Waals surface area (Å²) in [4.78, 5) is 2.48. The average molecular weight is 212 g/mol. The minimum absolute atomic E-state index is 0.536. The van der Waals surface area contributed by atoms with Gasteiger partial charge in [-0.1, -0.05) is 0 Å². The van der Waals surface area contributed by atoms with Gasteiger partial charge in [0.25, 0.3) is 0 Å². The zero-order chi connectivity index (χ0) is 10.7. The Bertz CT molecular complexity index is 192. The van der Waals surface area contributed by atoms with E-state index in [2.05, 4.69) is 24.2 Å². The summed E-state index contributed by atoms with van der Waals surface area (Å²) >= 11 is 0. The lowest BCUT2D eigenvalue weighted by Crippen LogP contribution is -2.49. The molecule has 2 aliphatic rings. The third-order valence-electron chi connectivity index (χ3n) is 3.81. The minimum atomic E-state index is 0.536. The van der Waals surface area contributed by atoms with Crippen molar-refractivity contribution in [3.63, 3.8) is 0 Å². The molecule has 2 fully saturated rings. The number of likely N-dealkylation sites (N-methyl/N-ethyl adjacent to an activating group) is 1. The van der Waals surface area contributed by atoms with E-state index in [-0.39, 0.29) is 0 Å². The highest BCUT2D eigenvalue weighted by atomic mass is 16.5. The highest BCUT2D eigenvalue weighted by molar-refractivity contribution is 4.88. The van der Waals surface area contributed by atoms with E-state index < -0.39 is 0 Å². The molecule has 0 aromatic heterocycles. The zero-order valence-corrected chi connectivity index (χ0v) is 10.0. The van der Waals surface area contributed by atoms with Crippen LogP contribution < -0.4 is 5.32 Å². The van der Waals surface area contributed by atoms with E-state index in [9.17, 15) is 0 Å². The minimum Gasteiger partial charge on any atom is -0.378 e. The quantitative estimate of drug-likeness (QED) is 0.742. The monoisotopic (exact) mass is 212 g/mol. The van der Waals surface area contributed by atoms with Gasteiger partial charge in [0, 0.05) is 25.2 Å². The maximum atomic E-state index is 5.55. The Morgan fingerprint density at radius 3 is 2.80 bits per heavy atom. The van der Waals surface area contributed by atoms with Crippen molar-refractivity contribution < 1.29 is 4.74 Å². The molecule has 0 aromatic rings. The summed E-state index contributed by atoms with van der Waals surface area (Å²) in [6, 6.07) is 1.49. The Kier molecular flexibility index (Phi) is 4.00. The third kappa shape index (κ3) is 2.92. The van der Waals surface area contributed by atoms with Crippen LogP contribution in [0.2, 0.25) is 0 Å². The third-order valence-corrected chi connectivity index (χ3v) is 3.81. The summed E-state index contributed by atoms with van der Waals surface area (Å²) in [6.07, 6.45) is 5.70. The van der Waals surface area contributed by atoms with E-state index in [1.807, 2.05) is 0 Å². The molecule has 1 atom stereocenters. The summed E-state index contributed by atoms with van der Waals surface area (Å²) in [5, 5.41) is 3.66. The summed E-state index contributed by atoms with van der Waals surface area (Å²) in [5.74, 6) is 0. The van der Waals surface area contributed by atoms with E-state index >= 15 is 0 Å². The van der Waals surface area contributed by atoms with Gasteiger partial charge in [0.05, 0.1) is 6.10 Å². The number of hydrogen-bond donors (Lipinski definition) is 1. The predicted octanol–water partition coefficient (Wildman–Crippen LogP) is 1.24. The van der Waals surface area contributed by atoms with Gasteiger partial charge in [-0.3, -0.25) is 0 Å². The van der Waals surface area contributed by atoms with E-state index in [1.54, 1.807) is 0 Å². The highest BCUT2D eigenvalue weighted by Crippen LogP contribution is 2.23. The van der Waals surface area contributed by atoms with Crippen LogP contribution in [0.3, 0.4) is 0 Å². The van der Waals surface area contributed by atoms with Crippen LogP contribution in [-0.2, 0) is 4.74 Å². The standard InChI is InChI=1S/C12H24N2O/c1-3-15-12-7-10(8-12)13-9-11-5-4-6-14(11)2/h10-13H,3-9H2,1-2H3. The lowest BCUT2D eigenvalue weighted by molar-refractivity contribution is -0.0107. The van der Waals surface area contributed by atoms with Gasteiger partial charge in [-0.2, -0.15) is 0 Å². The molecule has 3 nitrogen and oxygen atoms in total. The Morgan fingerprint density at radius 1 is 1.40 bits per heavy atom. The number of ether oxygens (including phenoxy) is 1. The summed E-state index contributed by atoms with van der Waals surface area (Å²) in [5.41, 5.74) is 0. The second-order valence-electron chi connectivity index (χ2n) is 4.93. The van der Waals surface area contributed by atoms with Crippen molar-refractivity contribution in [1.82, 2.24) is 10.2 Å². The number of nitrogens with one attached hydrogen (secondary N) is 1. The molecule has 1 heterocycles. The molecule has 0 amide bonds. The van der Waals surface area contributed by atoms with Crippen LogP contribution in [0.1, 0.15) is 32.6 Å². The van der Waals surface area contributed by atoms with E-state index in [0.29, 0.717) is 6.10 Å². The van der Waals surface area contributed by atoms with Crippen LogP contribution >= 0.6 is 0 Å². The van der Waals surface area contributed by atoms with Gasteiger partial charge < -0.3 is 15.0 Å². The fourth-order valence-corrected chi connectivity index (χ4v) is 2.64. The van der Waals surface area contributed by atoms with E-state index in [0.717, 1.165) is 18.7 Å². The SMILES string of the molecule is CCOC1CC(NCC2CCCN2C)C1. The molecule has 1 N–H and O–H groups in total. The molecular formula is C12H24N2O. The van der Waals surface area contributed by atoms with Crippen LogP contribution in [0.4, 0.5) is 0 Å². The first-order chi connectivity index (χ1) is 7.29. The molecule has 3 heteroatoms. The van der Waals surface area contributed by atoms with Crippen molar-refractivity contribution in [2.24, 2.45) is 0 Å². The molecule has 88 valence electrons. The van der Waals surface area contributed by atoms with Crippen molar-refractivity contribution in [3.8, 4) is 0 Å². The molecule has 1 saturated carbocycles. The molecule has 0 aromatic carbocycles. The average Bonchev–Trinajstić information content (AvgIpc) is 2.55. The molecule has 1 saturated heterocycles. The largest absolute Gasteiger partial charge is 0.378 e. The molecular weight excluding hydrogens is 188 g/mol. The Morgan fingerprint density at radius 2 is 2.20 bits per heavy atom. The summed E-state index contributed by atoms with van der Waals surface area (Å²) in [7, 11) is 2.24. The first kappa shape index (κ1) is 11.4. The lowest BCUT2D eigenvalue weighted by Gasteiger charge is -2.36. The van der Waals surface area contributed by atoms with Crippen LogP contribution in [0, 0.1) is 0 Å². The second kappa shape index (κ2) is 5.28. The fourth-order valence-electron chi connectivity index (χ4n) is 2.64. The van der Waals surface area contributed by atoms with Gasteiger partial charge in [-0.05, 0) is 46.2 Å². The van der Waals surface area contributed by atoms with Crippen LogP contribution in [0.15, 0.2) is 0 Å². The Balaban J connectivity index is 1.56. The maximum absolute atomic E-state index is 5.55. The number of rotatable bonds is 5. The molecule has 1 unspecified atom stereocenters. The number of likely N-dealkylation sites (tertiary alicyclic amines) is 1. The van der Waals surface area contributed by atoms with E-state index in [4.69, 9.17) is 4.74 Å². The van der Waals surface area contributed by atoms with Crippen molar-refractivity contribution in [1.29, 1.82) is 0 Å². The van der Waals surface area contributed by atoms with Crippen molar-refractivity contribution in [3.05, 3.63) is 0 Å². The first-order valence-corrected chi connectivity index (χ1v) is 6.34. The van der Waals surface area contributed by atoms with E-state index in [1.165, 1.54) is 38.8 Å². The van der Waals surface area contributed by atoms with Crippen molar-refractivity contribution in [2.75, 3.05) is 26.7 Å². The smallest absolute Gasteiger partial charge is 0.0604 e. The van der Waals surface area contributed by atoms with Crippen LogP contribution in [-0.4, -0.2) is 49.8 Å². The van der Waals surface area contributed by atoms with Crippen LogP contribution in [0.5, 0.6) is 0 Å². The molecule has 1 aliphatic carbocycles. The predicted molar refractivity (Wildman–Crippen MR) is 62.1 cm³/mol. The molecule has 15 heavy (non-hydrogen) atoms. The second-order valence-corrected chi connectivity index (χ2v) is 4.93. The molecule has 0 radical (unpaired) electrons. The Hall–Kier alpha value is -0.120. The van der Waals surface area contributed by atoms with Crippen molar-refractivity contribution in [2.45, 2.75) is 50.8 Å². The van der Waals surface area contributed by atoms with Gasteiger partial charge in [-0.15, -0.1) is 0 Å². The molecule has 1 aliphatic heterocycles. The summed E-state index contributed by atoms with van der Waals surface area (Å²) < 4.78 is 5.55. The lowest BCUT2D eigenvalue weighted by atomic mass is 9.89. The molecule has 0 bridgehead atoms. The van der Waals surface area contributed by atoms with Gasteiger partial charge in [0.1, 0.15) is 0 Å². The summed E-state index contributed by atoms with van der Waals surface area (Å²) in [6.45, 7) is 5.38. The number of nitrogens with zero attached hydrogens (tertiary/aromatic N) is 1. The Labute approximate surface area is 93.2 Å². The molecule has 0 spiro atoms. The maximum Gasteiger partial charge on any atom is 0.0604 e. The van der Waals surface area contributed by atoms with Gasteiger partial charge >= 0.3 is 0 Å². The first-order valence-electron chi connectivity index (χ1n) is 6.34. The number of hydrogen-bond acceptors (Lipinski definition) is 3. The normalized spacial score (nSPS) is 36.8. The molecule has 2 rings (SSSR count). The van der Waals surface area contributed by atoms with Gasteiger partial charge in [0.15, 0.2) is 0 Å². The zero-order valence-electron chi connectivity index (χ0n) is 10.0. The topological polar surface area (TPSA) is 24.5 Å². The van der Waals surface area contributed by atoms with Crippen molar-refractivity contribution >= 4 is 0 Å². The highest BCUT2D eigenvalue weighted by Gasteiger charge is 2.30. The van der Waals surface area contributed by atoms with Crippen LogP contribution in [0.25, 0.3) is 0 Å².